The number of carbonyl (C=O) groups excluding carboxylic acids is 3. The third kappa shape index (κ3) is 6.60. The number of aryl methyl sites for hydroxylation is 1. The van der Waals surface area contributed by atoms with Gasteiger partial charge in [-0.25, -0.2) is 0 Å². The van der Waals surface area contributed by atoms with Gasteiger partial charge in [0.15, 0.2) is 29.6 Å². The number of hydrogen-bond acceptors (Lipinski definition) is 7. The number of ether oxygens (including phenoxy) is 4. The molecule has 0 radical (unpaired) electrons. The first-order valence-corrected chi connectivity index (χ1v) is 11.2. The summed E-state index contributed by atoms with van der Waals surface area (Å²) in [6, 6.07) is 19.4. The molecule has 0 saturated carbocycles. The molecule has 8 nitrogen and oxygen atoms in total. The van der Waals surface area contributed by atoms with E-state index in [0.717, 1.165) is 5.56 Å². The molecule has 0 atom stereocenters. The Bertz CT molecular complexity index is 1220. The van der Waals surface area contributed by atoms with Gasteiger partial charge in [0.1, 0.15) is 19.0 Å². The molecule has 0 unspecified atom stereocenters. The number of Topliss-reactive ketones (excluding diaryl/α,β-unsaturated/α-hetero) is 1. The number of fused-ring (bicyclic) bond motifs is 1. The van der Waals surface area contributed by atoms with Crippen molar-refractivity contribution in [2.45, 2.75) is 19.8 Å². The van der Waals surface area contributed by atoms with Crippen LogP contribution in [-0.4, -0.2) is 37.5 Å². The summed E-state index contributed by atoms with van der Waals surface area (Å²) in [6.07, 6.45) is -0.193. The Morgan fingerprint density at radius 2 is 1.63 bits per heavy atom. The van der Waals surface area contributed by atoms with Crippen molar-refractivity contribution in [2.75, 3.05) is 25.1 Å². The van der Waals surface area contributed by atoms with Crippen LogP contribution in [-0.2, 0) is 14.3 Å². The molecule has 1 amide bonds. The van der Waals surface area contributed by atoms with Gasteiger partial charge in [-0.3, -0.25) is 14.4 Å². The van der Waals surface area contributed by atoms with Crippen LogP contribution < -0.4 is 19.5 Å². The Balaban J connectivity index is 1.24. The Kier molecular flexibility index (Phi) is 7.62. The molecule has 8 heteroatoms. The average molecular weight is 475 g/mol. The number of benzene rings is 3. The zero-order valence-corrected chi connectivity index (χ0v) is 19.2. The van der Waals surface area contributed by atoms with E-state index in [4.69, 9.17) is 18.9 Å². The first-order chi connectivity index (χ1) is 17.0. The minimum absolute atomic E-state index is 0.0483. The minimum Gasteiger partial charge on any atom is -0.486 e. The SMILES string of the molecule is Cc1ccc(Oc2ccccc2NC(=O)COC(=O)CCC(=O)c2ccc3c(c2)OCCO3)cc1. The summed E-state index contributed by atoms with van der Waals surface area (Å²) < 4.78 is 21.8. The Morgan fingerprint density at radius 1 is 0.886 bits per heavy atom. The third-order valence-corrected chi connectivity index (χ3v) is 5.19. The summed E-state index contributed by atoms with van der Waals surface area (Å²) in [5.74, 6) is 0.793. The normalized spacial score (nSPS) is 11.9. The minimum atomic E-state index is -0.643. The molecule has 0 aliphatic carbocycles. The summed E-state index contributed by atoms with van der Waals surface area (Å²) in [4.78, 5) is 36.8. The molecule has 0 spiro atoms. The molecule has 35 heavy (non-hydrogen) atoms. The first kappa shape index (κ1) is 23.8. The monoisotopic (exact) mass is 475 g/mol. The quantitative estimate of drug-likeness (QED) is 0.354. The molecular weight excluding hydrogens is 450 g/mol. The molecule has 3 aromatic carbocycles. The van der Waals surface area contributed by atoms with Crippen molar-refractivity contribution in [1.82, 2.24) is 0 Å². The topological polar surface area (TPSA) is 100 Å². The van der Waals surface area contributed by atoms with Gasteiger partial charge >= 0.3 is 5.97 Å². The summed E-state index contributed by atoms with van der Waals surface area (Å²) in [6.45, 7) is 2.39. The van der Waals surface area contributed by atoms with Crippen molar-refractivity contribution in [1.29, 1.82) is 0 Å². The molecule has 3 aromatic rings. The summed E-state index contributed by atoms with van der Waals surface area (Å²) >= 11 is 0. The van der Waals surface area contributed by atoms with Crippen LogP contribution in [0.25, 0.3) is 0 Å². The molecule has 0 aromatic heterocycles. The fraction of sp³-hybridized carbons (Fsp3) is 0.222. The first-order valence-electron chi connectivity index (χ1n) is 11.2. The maximum absolute atomic E-state index is 12.4. The van der Waals surface area contributed by atoms with Gasteiger partial charge in [0.25, 0.3) is 5.91 Å². The van der Waals surface area contributed by atoms with Crippen LogP contribution >= 0.6 is 0 Å². The largest absolute Gasteiger partial charge is 0.486 e. The van der Waals surface area contributed by atoms with Crippen LogP contribution in [0.1, 0.15) is 28.8 Å². The van der Waals surface area contributed by atoms with Crippen LogP contribution in [0.5, 0.6) is 23.0 Å². The predicted octanol–water partition coefficient (Wildman–Crippen LogP) is 4.70. The number of ketones is 1. The second-order valence-corrected chi connectivity index (χ2v) is 7.90. The Hall–Kier alpha value is -4.33. The highest BCUT2D eigenvalue weighted by Gasteiger charge is 2.17. The van der Waals surface area contributed by atoms with Gasteiger partial charge in [-0.05, 0) is 49.4 Å². The van der Waals surface area contributed by atoms with Crippen LogP contribution in [0, 0.1) is 6.92 Å². The van der Waals surface area contributed by atoms with E-state index in [1.54, 1.807) is 42.5 Å². The predicted molar refractivity (Wildman–Crippen MR) is 128 cm³/mol. The second kappa shape index (κ2) is 11.2. The number of amides is 1. The summed E-state index contributed by atoms with van der Waals surface area (Å²) in [7, 11) is 0. The molecule has 4 rings (SSSR count). The average Bonchev–Trinajstić information content (AvgIpc) is 2.88. The zero-order chi connectivity index (χ0) is 24.6. The molecule has 0 saturated heterocycles. The van der Waals surface area contributed by atoms with E-state index in [9.17, 15) is 14.4 Å². The number of para-hydroxylation sites is 2. The molecule has 180 valence electrons. The van der Waals surface area contributed by atoms with Gasteiger partial charge in [-0.2, -0.15) is 0 Å². The van der Waals surface area contributed by atoms with Gasteiger partial charge in [0.05, 0.1) is 12.1 Å². The standard InChI is InChI=1S/C27H25NO7/c1-18-6-9-20(10-7-18)35-23-5-3-2-4-21(23)28-26(30)17-34-27(31)13-11-22(29)19-8-12-24-25(16-19)33-15-14-32-24/h2-10,12,16H,11,13-15,17H2,1H3,(H,28,30). The van der Waals surface area contributed by atoms with Crippen molar-refractivity contribution in [3.05, 3.63) is 77.9 Å². The van der Waals surface area contributed by atoms with E-state index in [1.807, 2.05) is 31.2 Å². The molecule has 0 bridgehead atoms. The molecule has 1 aliphatic rings. The number of hydrogen-bond donors (Lipinski definition) is 1. The van der Waals surface area contributed by atoms with Crippen molar-refractivity contribution in [3.63, 3.8) is 0 Å². The number of anilines is 1. The van der Waals surface area contributed by atoms with E-state index in [1.165, 1.54) is 0 Å². The van der Waals surface area contributed by atoms with E-state index in [-0.39, 0.29) is 18.6 Å². The fourth-order valence-corrected chi connectivity index (χ4v) is 3.37. The smallest absolute Gasteiger partial charge is 0.306 e. The lowest BCUT2D eigenvalue weighted by Gasteiger charge is -2.18. The molecule has 0 fully saturated rings. The van der Waals surface area contributed by atoms with Crippen LogP contribution in [0.15, 0.2) is 66.7 Å². The van der Waals surface area contributed by atoms with Gasteiger partial charge in [-0.15, -0.1) is 0 Å². The Labute approximate surface area is 202 Å². The van der Waals surface area contributed by atoms with Crippen LogP contribution in [0.4, 0.5) is 5.69 Å². The molecular formula is C27H25NO7. The Morgan fingerprint density at radius 3 is 2.43 bits per heavy atom. The van der Waals surface area contributed by atoms with E-state index in [0.29, 0.717) is 47.5 Å². The van der Waals surface area contributed by atoms with Crippen molar-refractivity contribution < 1.29 is 33.3 Å². The highest BCUT2D eigenvalue weighted by Crippen LogP contribution is 2.31. The summed E-state index contributed by atoms with van der Waals surface area (Å²) in [5.41, 5.74) is 1.97. The highest BCUT2D eigenvalue weighted by molar-refractivity contribution is 5.98. The number of nitrogens with one attached hydrogen (secondary N) is 1. The van der Waals surface area contributed by atoms with Gasteiger partial charge < -0.3 is 24.3 Å². The van der Waals surface area contributed by atoms with E-state index < -0.39 is 18.5 Å². The van der Waals surface area contributed by atoms with Crippen LogP contribution in [0.3, 0.4) is 0 Å². The van der Waals surface area contributed by atoms with Crippen molar-refractivity contribution >= 4 is 23.3 Å². The molecule has 1 aliphatic heterocycles. The number of carbonyl (C=O) groups is 3. The van der Waals surface area contributed by atoms with Crippen molar-refractivity contribution in [3.8, 4) is 23.0 Å². The lowest BCUT2D eigenvalue weighted by Crippen LogP contribution is -2.21. The zero-order valence-electron chi connectivity index (χ0n) is 19.2. The number of rotatable bonds is 9. The lowest BCUT2D eigenvalue weighted by atomic mass is 10.1. The fourth-order valence-electron chi connectivity index (χ4n) is 3.37. The maximum Gasteiger partial charge on any atom is 0.306 e. The lowest BCUT2D eigenvalue weighted by molar-refractivity contribution is -0.147. The van der Waals surface area contributed by atoms with Gasteiger partial charge in [0, 0.05) is 12.0 Å². The van der Waals surface area contributed by atoms with Gasteiger partial charge in [0.2, 0.25) is 0 Å². The van der Waals surface area contributed by atoms with E-state index >= 15 is 0 Å². The third-order valence-electron chi connectivity index (χ3n) is 5.19. The van der Waals surface area contributed by atoms with Gasteiger partial charge in [-0.1, -0.05) is 29.8 Å². The second-order valence-electron chi connectivity index (χ2n) is 7.90. The molecule has 1 heterocycles. The highest BCUT2D eigenvalue weighted by atomic mass is 16.6. The number of esters is 1. The maximum atomic E-state index is 12.4. The summed E-state index contributed by atoms with van der Waals surface area (Å²) in [5, 5.41) is 2.68. The van der Waals surface area contributed by atoms with E-state index in [2.05, 4.69) is 5.32 Å². The van der Waals surface area contributed by atoms with Crippen molar-refractivity contribution in [2.24, 2.45) is 0 Å². The molecule has 1 N–H and O–H groups in total. The van der Waals surface area contributed by atoms with Crippen LogP contribution in [0.2, 0.25) is 0 Å².